The van der Waals surface area contributed by atoms with E-state index in [9.17, 15) is 0 Å². The molecule has 1 saturated carbocycles. The highest BCUT2D eigenvalue weighted by atomic mass is 14.9. The summed E-state index contributed by atoms with van der Waals surface area (Å²) in [4.78, 5) is 0. The standard InChI is InChI=1S/C18H29N/c1-4-10-19-18-9-8-17(13-18)16-7-5-6-15(12-16)11-14(2)3/h5-7,12,14,17-19H,4,8-11,13H2,1-3H3. The van der Waals surface area contributed by atoms with Gasteiger partial charge in [-0.05, 0) is 61.6 Å². The molecular weight excluding hydrogens is 230 g/mol. The van der Waals surface area contributed by atoms with Crippen molar-refractivity contribution in [1.29, 1.82) is 0 Å². The maximum Gasteiger partial charge on any atom is 0.00730 e. The zero-order valence-corrected chi connectivity index (χ0v) is 12.8. The molecule has 2 rings (SSSR count). The van der Waals surface area contributed by atoms with E-state index in [0.29, 0.717) is 0 Å². The summed E-state index contributed by atoms with van der Waals surface area (Å²) in [6.45, 7) is 8.01. The van der Waals surface area contributed by atoms with E-state index in [-0.39, 0.29) is 0 Å². The molecule has 1 heteroatoms. The molecule has 0 radical (unpaired) electrons. The van der Waals surface area contributed by atoms with Gasteiger partial charge in [-0.15, -0.1) is 0 Å². The van der Waals surface area contributed by atoms with E-state index in [1.54, 1.807) is 5.56 Å². The van der Waals surface area contributed by atoms with Crippen LogP contribution < -0.4 is 5.32 Å². The summed E-state index contributed by atoms with van der Waals surface area (Å²) >= 11 is 0. The van der Waals surface area contributed by atoms with Crippen LogP contribution in [0.25, 0.3) is 0 Å². The number of hydrogen-bond donors (Lipinski definition) is 1. The van der Waals surface area contributed by atoms with E-state index in [0.717, 1.165) is 17.9 Å². The molecule has 1 nitrogen and oxygen atoms in total. The lowest BCUT2D eigenvalue weighted by Crippen LogP contribution is -2.26. The Morgan fingerprint density at radius 2 is 2.11 bits per heavy atom. The Labute approximate surface area is 118 Å². The molecule has 1 aliphatic rings. The van der Waals surface area contributed by atoms with E-state index in [1.807, 2.05) is 0 Å². The van der Waals surface area contributed by atoms with Crippen molar-refractivity contribution in [1.82, 2.24) is 5.32 Å². The zero-order chi connectivity index (χ0) is 13.7. The molecule has 0 bridgehead atoms. The van der Waals surface area contributed by atoms with Crippen molar-refractivity contribution in [2.24, 2.45) is 5.92 Å². The maximum atomic E-state index is 3.68. The van der Waals surface area contributed by atoms with Gasteiger partial charge in [-0.25, -0.2) is 0 Å². The van der Waals surface area contributed by atoms with Crippen molar-refractivity contribution >= 4 is 0 Å². The lowest BCUT2D eigenvalue weighted by atomic mass is 9.93. The molecule has 0 aliphatic heterocycles. The van der Waals surface area contributed by atoms with Crippen LogP contribution in [0.15, 0.2) is 24.3 Å². The Kier molecular flexibility index (Phi) is 5.45. The molecule has 2 atom stereocenters. The molecule has 0 spiro atoms. The second-order valence-electron chi connectivity index (χ2n) is 6.50. The van der Waals surface area contributed by atoms with Gasteiger partial charge in [0.15, 0.2) is 0 Å². The molecule has 1 aromatic rings. The second-order valence-corrected chi connectivity index (χ2v) is 6.50. The Bertz CT molecular complexity index is 383. The molecule has 1 aliphatic carbocycles. The largest absolute Gasteiger partial charge is 0.314 e. The molecule has 0 aromatic heterocycles. The lowest BCUT2D eigenvalue weighted by Gasteiger charge is -2.14. The molecule has 106 valence electrons. The highest BCUT2D eigenvalue weighted by Crippen LogP contribution is 2.34. The summed E-state index contributed by atoms with van der Waals surface area (Å²) < 4.78 is 0. The van der Waals surface area contributed by atoms with E-state index < -0.39 is 0 Å². The van der Waals surface area contributed by atoms with Gasteiger partial charge in [0.2, 0.25) is 0 Å². The van der Waals surface area contributed by atoms with Crippen molar-refractivity contribution in [3.05, 3.63) is 35.4 Å². The fraction of sp³-hybridized carbons (Fsp3) is 0.667. The Balaban J connectivity index is 1.95. The fourth-order valence-corrected chi connectivity index (χ4v) is 3.26. The molecule has 0 saturated heterocycles. The molecule has 1 aromatic carbocycles. The van der Waals surface area contributed by atoms with Gasteiger partial charge in [0.1, 0.15) is 0 Å². The molecular formula is C18H29N. The van der Waals surface area contributed by atoms with Crippen LogP contribution in [0.5, 0.6) is 0 Å². The molecule has 19 heavy (non-hydrogen) atoms. The van der Waals surface area contributed by atoms with Gasteiger partial charge in [-0.1, -0.05) is 45.0 Å². The summed E-state index contributed by atoms with van der Waals surface area (Å²) in [5.74, 6) is 1.53. The molecule has 2 unspecified atom stereocenters. The molecule has 0 amide bonds. The van der Waals surface area contributed by atoms with Gasteiger partial charge < -0.3 is 5.32 Å². The van der Waals surface area contributed by atoms with Crippen LogP contribution in [-0.2, 0) is 6.42 Å². The minimum absolute atomic E-state index is 0.748. The van der Waals surface area contributed by atoms with E-state index in [1.165, 1.54) is 44.2 Å². The predicted molar refractivity (Wildman–Crippen MR) is 83.7 cm³/mol. The normalized spacial score (nSPS) is 23.2. The predicted octanol–water partition coefficient (Wildman–Crippen LogP) is 4.52. The van der Waals surface area contributed by atoms with Crippen LogP contribution in [0, 0.1) is 5.92 Å². The first-order valence-electron chi connectivity index (χ1n) is 8.01. The maximum absolute atomic E-state index is 3.68. The minimum atomic E-state index is 0.748. The topological polar surface area (TPSA) is 12.0 Å². The van der Waals surface area contributed by atoms with Gasteiger partial charge in [-0.2, -0.15) is 0 Å². The zero-order valence-electron chi connectivity index (χ0n) is 12.8. The highest BCUT2D eigenvalue weighted by Gasteiger charge is 2.25. The molecule has 1 N–H and O–H groups in total. The number of hydrogen-bond acceptors (Lipinski definition) is 1. The first-order valence-corrected chi connectivity index (χ1v) is 8.01. The average molecular weight is 259 g/mol. The van der Waals surface area contributed by atoms with Crippen LogP contribution in [0.3, 0.4) is 0 Å². The van der Waals surface area contributed by atoms with Gasteiger partial charge in [0, 0.05) is 6.04 Å². The second kappa shape index (κ2) is 7.09. The average Bonchev–Trinajstić information content (AvgIpc) is 2.84. The third-order valence-electron chi connectivity index (χ3n) is 4.18. The monoisotopic (exact) mass is 259 g/mol. The SMILES string of the molecule is CCCNC1CCC(c2cccc(CC(C)C)c2)C1. The summed E-state index contributed by atoms with van der Waals surface area (Å²) in [7, 11) is 0. The van der Waals surface area contributed by atoms with Gasteiger partial charge in [0.05, 0.1) is 0 Å². The third-order valence-corrected chi connectivity index (χ3v) is 4.18. The number of rotatable bonds is 6. The number of nitrogens with one attached hydrogen (secondary N) is 1. The van der Waals surface area contributed by atoms with Crippen LogP contribution in [0.1, 0.15) is 63.5 Å². The van der Waals surface area contributed by atoms with E-state index >= 15 is 0 Å². The summed E-state index contributed by atoms with van der Waals surface area (Å²) in [6, 6.07) is 10.1. The van der Waals surface area contributed by atoms with E-state index in [4.69, 9.17) is 0 Å². The minimum Gasteiger partial charge on any atom is -0.314 e. The quantitative estimate of drug-likeness (QED) is 0.792. The molecule has 1 fully saturated rings. The first kappa shape index (κ1) is 14.6. The van der Waals surface area contributed by atoms with Crippen molar-refractivity contribution in [2.75, 3.05) is 6.54 Å². The van der Waals surface area contributed by atoms with E-state index in [2.05, 4.69) is 50.4 Å². The third kappa shape index (κ3) is 4.35. The Morgan fingerprint density at radius 1 is 1.26 bits per heavy atom. The van der Waals surface area contributed by atoms with Crippen molar-refractivity contribution < 1.29 is 0 Å². The fourth-order valence-electron chi connectivity index (χ4n) is 3.26. The Hall–Kier alpha value is -0.820. The van der Waals surface area contributed by atoms with Crippen molar-refractivity contribution in [2.45, 2.75) is 64.8 Å². The smallest absolute Gasteiger partial charge is 0.00730 e. The summed E-state index contributed by atoms with van der Waals surface area (Å²) in [5, 5.41) is 3.68. The van der Waals surface area contributed by atoms with Crippen LogP contribution >= 0.6 is 0 Å². The van der Waals surface area contributed by atoms with Gasteiger partial charge in [0.25, 0.3) is 0 Å². The Morgan fingerprint density at radius 3 is 2.84 bits per heavy atom. The summed E-state index contributed by atoms with van der Waals surface area (Å²) in [6.07, 6.45) is 6.47. The number of benzene rings is 1. The van der Waals surface area contributed by atoms with Crippen molar-refractivity contribution in [3.8, 4) is 0 Å². The van der Waals surface area contributed by atoms with Crippen molar-refractivity contribution in [3.63, 3.8) is 0 Å². The highest BCUT2D eigenvalue weighted by molar-refractivity contribution is 5.27. The van der Waals surface area contributed by atoms with Gasteiger partial charge >= 0.3 is 0 Å². The first-order chi connectivity index (χ1) is 9.19. The van der Waals surface area contributed by atoms with Crippen LogP contribution in [0.4, 0.5) is 0 Å². The molecule has 0 heterocycles. The lowest BCUT2D eigenvalue weighted by molar-refractivity contribution is 0.517. The van der Waals surface area contributed by atoms with Gasteiger partial charge in [-0.3, -0.25) is 0 Å². The van der Waals surface area contributed by atoms with Crippen LogP contribution in [0.2, 0.25) is 0 Å². The van der Waals surface area contributed by atoms with Crippen LogP contribution in [-0.4, -0.2) is 12.6 Å². The summed E-state index contributed by atoms with van der Waals surface area (Å²) in [5.41, 5.74) is 3.08.